The summed E-state index contributed by atoms with van der Waals surface area (Å²) in [4.78, 5) is 22.6. The summed E-state index contributed by atoms with van der Waals surface area (Å²) in [5, 5.41) is 15.2. The minimum atomic E-state index is -0.505. The average Bonchev–Trinajstić information content (AvgIpc) is 2.60. The van der Waals surface area contributed by atoms with E-state index in [0.717, 1.165) is 22.6 Å². The molecule has 0 spiro atoms. The van der Waals surface area contributed by atoms with Crippen molar-refractivity contribution >= 4 is 23.0 Å². The van der Waals surface area contributed by atoms with Crippen LogP contribution in [0, 0.1) is 0 Å². The molecule has 0 saturated carbocycles. The Kier molecular flexibility index (Phi) is 4.29. The maximum absolute atomic E-state index is 11.7. The third-order valence-corrected chi connectivity index (χ3v) is 3.99. The fraction of sp³-hybridized carbons (Fsp3) is 0.100. The Bertz CT molecular complexity index is 900. The number of nitrogens with one attached hydrogen (secondary N) is 1. The van der Waals surface area contributed by atoms with E-state index >= 15 is 0 Å². The van der Waals surface area contributed by atoms with Gasteiger partial charge in [-0.3, -0.25) is 9.59 Å². The largest absolute Gasteiger partial charge is 0.508 e. The lowest BCUT2D eigenvalue weighted by Crippen LogP contribution is -2.27. The van der Waals surface area contributed by atoms with Gasteiger partial charge in [0, 0.05) is 18.1 Å². The second-order valence-electron chi connectivity index (χ2n) is 5.64. The van der Waals surface area contributed by atoms with Gasteiger partial charge in [-0.25, -0.2) is 0 Å². The number of hydrogen-bond donors (Lipinski definition) is 2. The predicted molar refractivity (Wildman–Crippen MR) is 93.1 cm³/mol. The first kappa shape index (κ1) is 15.7. The number of fused-ring (bicyclic) bond motifs is 1. The molecule has 3 aromatic rings. The highest BCUT2D eigenvalue weighted by Crippen LogP contribution is 2.35. The number of amides is 1. The zero-order valence-corrected chi connectivity index (χ0v) is 13.2. The molecule has 0 aromatic heterocycles. The van der Waals surface area contributed by atoms with Crippen LogP contribution in [-0.4, -0.2) is 17.3 Å². The number of rotatable bonds is 4. The molecule has 3 aromatic carbocycles. The molecule has 4 heteroatoms. The molecule has 0 aliphatic carbocycles. The molecular formula is C20H17NO3. The number of phenols is 1. The minimum Gasteiger partial charge on any atom is -0.508 e. The van der Waals surface area contributed by atoms with Gasteiger partial charge in [-0.15, -0.1) is 0 Å². The van der Waals surface area contributed by atoms with Crippen molar-refractivity contribution in [2.45, 2.75) is 13.0 Å². The SMILES string of the molecule is CC(=O)NC(c1ccc(C=O)cc1)c1c(O)ccc2ccccc12. The van der Waals surface area contributed by atoms with Gasteiger partial charge >= 0.3 is 0 Å². The Labute approximate surface area is 139 Å². The van der Waals surface area contributed by atoms with E-state index in [1.807, 2.05) is 30.3 Å². The molecule has 0 fully saturated rings. The highest BCUT2D eigenvalue weighted by Gasteiger charge is 2.21. The van der Waals surface area contributed by atoms with E-state index in [-0.39, 0.29) is 11.7 Å². The van der Waals surface area contributed by atoms with Crippen LogP contribution in [-0.2, 0) is 4.79 Å². The van der Waals surface area contributed by atoms with Crippen molar-refractivity contribution in [1.82, 2.24) is 5.32 Å². The van der Waals surface area contributed by atoms with Gasteiger partial charge in [0.05, 0.1) is 6.04 Å². The van der Waals surface area contributed by atoms with Crippen molar-refractivity contribution < 1.29 is 14.7 Å². The van der Waals surface area contributed by atoms with Crippen LogP contribution < -0.4 is 5.32 Å². The quantitative estimate of drug-likeness (QED) is 0.722. The van der Waals surface area contributed by atoms with Crippen molar-refractivity contribution in [2.24, 2.45) is 0 Å². The number of hydrogen-bond acceptors (Lipinski definition) is 3. The van der Waals surface area contributed by atoms with E-state index in [2.05, 4.69) is 5.32 Å². The van der Waals surface area contributed by atoms with Gasteiger partial charge in [0.15, 0.2) is 0 Å². The highest BCUT2D eigenvalue weighted by atomic mass is 16.3. The molecule has 0 heterocycles. The zero-order chi connectivity index (χ0) is 17.1. The van der Waals surface area contributed by atoms with Gasteiger partial charge in [0.1, 0.15) is 12.0 Å². The van der Waals surface area contributed by atoms with Crippen molar-refractivity contribution in [3.63, 3.8) is 0 Å². The summed E-state index contributed by atoms with van der Waals surface area (Å²) in [7, 11) is 0. The van der Waals surface area contributed by atoms with Crippen LogP contribution in [0.3, 0.4) is 0 Å². The topological polar surface area (TPSA) is 66.4 Å². The van der Waals surface area contributed by atoms with Gasteiger partial charge in [0.25, 0.3) is 0 Å². The molecule has 3 rings (SSSR count). The molecule has 1 amide bonds. The summed E-state index contributed by atoms with van der Waals surface area (Å²) >= 11 is 0. The maximum atomic E-state index is 11.7. The Morgan fingerprint density at radius 2 is 1.75 bits per heavy atom. The summed E-state index contributed by atoms with van der Waals surface area (Å²) < 4.78 is 0. The van der Waals surface area contributed by atoms with Gasteiger partial charge in [-0.05, 0) is 22.4 Å². The predicted octanol–water partition coefficient (Wildman–Crippen LogP) is 3.58. The van der Waals surface area contributed by atoms with Gasteiger partial charge in [-0.2, -0.15) is 0 Å². The lowest BCUT2D eigenvalue weighted by molar-refractivity contribution is -0.119. The van der Waals surface area contributed by atoms with Gasteiger partial charge < -0.3 is 10.4 Å². The molecule has 1 atom stereocenters. The van der Waals surface area contributed by atoms with Crippen molar-refractivity contribution in [3.8, 4) is 5.75 Å². The number of aldehydes is 1. The Morgan fingerprint density at radius 3 is 2.42 bits per heavy atom. The summed E-state index contributed by atoms with van der Waals surface area (Å²) in [6, 6.07) is 17.6. The van der Waals surface area contributed by atoms with E-state index in [9.17, 15) is 14.7 Å². The number of benzene rings is 3. The van der Waals surface area contributed by atoms with Crippen LogP contribution in [0.15, 0.2) is 60.7 Å². The smallest absolute Gasteiger partial charge is 0.217 e. The second kappa shape index (κ2) is 6.54. The highest BCUT2D eigenvalue weighted by molar-refractivity contribution is 5.89. The first-order valence-electron chi connectivity index (χ1n) is 7.63. The number of aromatic hydroxyl groups is 1. The van der Waals surface area contributed by atoms with E-state index in [4.69, 9.17) is 0 Å². The molecule has 2 N–H and O–H groups in total. The van der Waals surface area contributed by atoms with E-state index in [1.165, 1.54) is 6.92 Å². The lowest BCUT2D eigenvalue weighted by atomic mass is 9.92. The summed E-state index contributed by atoms with van der Waals surface area (Å²) in [5.74, 6) is -0.0845. The fourth-order valence-corrected chi connectivity index (χ4v) is 2.88. The van der Waals surface area contributed by atoms with E-state index in [0.29, 0.717) is 11.1 Å². The summed E-state index contributed by atoms with van der Waals surface area (Å²) in [6.45, 7) is 1.44. The van der Waals surface area contributed by atoms with Crippen LogP contribution in [0.2, 0.25) is 0 Å². The standard InChI is InChI=1S/C20H17NO3/c1-13(23)21-20(16-8-6-14(12-22)7-9-16)19-17-5-3-2-4-15(17)10-11-18(19)24/h2-12,20,24H,1H3,(H,21,23). The molecule has 0 bridgehead atoms. The van der Waals surface area contributed by atoms with Crippen molar-refractivity contribution in [3.05, 3.63) is 77.4 Å². The Hall–Kier alpha value is -3.14. The molecule has 4 nitrogen and oxygen atoms in total. The van der Waals surface area contributed by atoms with Gasteiger partial charge in [-0.1, -0.05) is 54.6 Å². The van der Waals surface area contributed by atoms with Gasteiger partial charge in [0.2, 0.25) is 5.91 Å². The molecule has 24 heavy (non-hydrogen) atoms. The van der Waals surface area contributed by atoms with E-state index < -0.39 is 6.04 Å². The lowest BCUT2D eigenvalue weighted by Gasteiger charge is -2.22. The average molecular weight is 319 g/mol. The number of carbonyl (C=O) groups excluding carboxylic acids is 2. The summed E-state index contributed by atoms with van der Waals surface area (Å²) in [6.07, 6.45) is 0.770. The Morgan fingerprint density at radius 1 is 1.04 bits per heavy atom. The molecule has 0 radical (unpaired) electrons. The molecule has 120 valence electrons. The van der Waals surface area contributed by atoms with Crippen LogP contribution in [0.1, 0.15) is 34.5 Å². The van der Waals surface area contributed by atoms with Crippen molar-refractivity contribution in [1.29, 1.82) is 0 Å². The molecular weight excluding hydrogens is 302 g/mol. The van der Waals surface area contributed by atoms with Crippen LogP contribution in [0.5, 0.6) is 5.75 Å². The number of phenolic OH excluding ortho intramolecular Hbond substituents is 1. The maximum Gasteiger partial charge on any atom is 0.217 e. The molecule has 0 aliphatic rings. The molecule has 1 unspecified atom stereocenters. The minimum absolute atomic E-state index is 0.118. The zero-order valence-electron chi connectivity index (χ0n) is 13.2. The third-order valence-electron chi connectivity index (χ3n) is 3.99. The molecule has 0 aliphatic heterocycles. The van der Waals surface area contributed by atoms with Crippen LogP contribution in [0.4, 0.5) is 0 Å². The normalized spacial score (nSPS) is 11.9. The Balaban J connectivity index is 2.20. The summed E-state index contributed by atoms with van der Waals surface area (Å²) in [5.41, 5.74) is 1.99. The first-order chi connectivity index (χ1) is 11.6. The monoisotopic (exact) mass is 319 g/mol. The number of carbonyl (C=O) groups is 2. The van der Waals surface area contributed by atoms with Crippen LogP contribution >= 0.6 is 0 Å². The van der Waals surface area contributed by atoms with Crippen LogP contribution in [0.25, 0.3) is 10.8 Å². The fourth-order valence-electron chi connectivity index (χ4n) is 2.88. The molecule has 0 saturated heterocycles. The second-order valence-corrected chi connectivity index (χ2v) is 5.64. The third kappa shape index (κ3) is 2.99. The van der Waals surface area contributed by atoms with E-state index in [1.54, 1.807) is 30.3 Å². The van der Waals surface area contributed by atoms with Crippen molar-refractivity contribution in [2.75, 3.05) is 0 Å². The first-order valence-corrected chi connectivity index (χ1v) is 7.63.